The van der Waals surface area contributed by atoms with Crippen molar-refractivity contribution in [1.82, 2.24) is 20.5 Å². The first-order valence-corrected chi connectivity index (χ1v) is 10.8. The molecule has 2 amide bonds. The predicted octanol–water partition coefficient (Wildman–Crippen LogP) is 2.49. The van der Waals surface area contributed by atoms with Crippen LogP contribution in [-0.4, -0.2) is 54.3 Å². The molecular weight excluding hydrogens is 386 g/mol. The Kier molecular flexibility index (Phi) is 7.35. The quantitative estimate of drug-likeness (QED) is 0.285. The highest BCUT2D eigenvalue weighted by atomic mass is 32.1. The fraction of sp³-hybridized carbons (Fsp3) is 0.429. The van der Waals surface area contributed by atoms with E-state index < -0.39 is 0 Å². The van der Waals surface area contributed by atoms with Gasteiger partial charge in [0.05, 0.1) is 16.1 Å². The van der Waals surface area contributed by atoms with Gasteiger partial charge in [0.2, 0.25) is 0 Å². The Bertz CT molecular complexity index is 858. The Morgan fingerprint density at radius 2 is 1.79 bits per heavy atom. The van der Waals surface area contributed by atoms with E-state index in [-0.39, 0.29) is 11.8 Å². The van der Waals surface area contributed by atoms with Crippen LogP contribution >= 0.6 is 11.3 Å². The second-order valence-electron chi connectivity index (χ2n) is 6.76. The lowest BCUT2D eigenvalue weighted by atomic mass is 10.1. The number of aliphatic imine (C=N–C) groups is 1. The molecule has 1 aromatic heterocycles. The minimum atomic E-state index is -0.190. The molecule has 7 nitrogen and oxygen atoms in total. The number of hydrogen-bond donors (Lipinski definition) is 2. The molecule has 3 rings (SSSR count). The number of hydrogen-bond acceptors (Lipinski definition) is 5. The van der Waals surface area contributed by atoms with E-state index in [9.17, 15) is 9.59 Å². The number of aromatic nitrogens is 1. The van der Waals surface area contributed by atoms with Gasteiger partial charge < -0.3 is 10.6 Å². The van der Waals surface area contributed by atoms with Crippen LogP contribution in [0, 0.1) is 0 Å². The molecule has 29 heavy (non-hydrogen) atoms. The van der Waals surface area contributed by atoms with Crippen LogP contribution in [0.5, 0.6) is 0 Å². The van der Waals surface area contributed by atoms with Crippen LogP contribution in [0.2, 0.25) is 0 Å². The Morgan fingerprint density at radius 1 is 1.10 bits per heavy atom. The number of unbranched alkanes of at least 4 members (excludes halogenated alkanes) is 1. The van der Waals surface area contributed by atoms with Crippen LogP contribution in [0.25, 0.3) is 0 Å². The molecule has 0 radical (unpaired) electrons. The summed E-state index contributed by atoms with van der Waals surface area (Å²) in [5.41, 5.74) is 1.01. The van der Waals surface area contributed by atoms with Crippen molar-refractivity contribution in [2.75, 3.05) is 26.7 Å². The number of carbonyl (C=O) groups excluding carboxylic acids is 2. The van der Waals surface area contributed by atoms with Crippen LogP contribution in [0.1, 0.15) is 50.4 Å². The minimum Gasteiger partial charge on any atom is -0.356 e. The van der Waals surface area contributed by atoms with E-state index >= 15 is 0 Å². The second kappa shape index (κ2) is 10.2. The number of nitrogens with one attached hydrogen (secondary N) is 2. The molecule has 154 valence electrons. The van der Waals surface area contributed by atoms with Gasteiger partial charge in [-0.2, -0.15) is 0 Å². The van der Waals surface area contributed by atoms with Crippen molar-refractivity contribution in [1.29, 1.82) is 0 Å². The highest BCUT2D eigenvalue weighted by Gasteiger charge is 2.34. The highest BCUT2D eigenvalue weighted by Crippen LogP contribution is 2.22. The number of aryl methyl sites for hydroxylation is 1. The lowest BCUT2D eigenvalue weighted by Crippen LogP contribution is -2.39. The van der Waals surface area contributed by atoms with Gasteiger partial charge in [-0.25, -0.2) is 4.98 Å². The average Bonchev–Trinajstić information content (AvgIpc) is 3.30. The third-order valence-electron chi connectivity index (χ3n) is 4.78. The minimum absolute atomic E-state index is 0.190. The molecule has 0 bridgehead atoms. The van der Waals surface area contributed by atoms with Gasteiger partial charge in [-0.1, -0.05) is 19.1 Å². The number of carbonyl (C=O) groups is 2. The first-order chi connectivity index (χ1) is 14.1. The zero-order valence-electron chi connectivity index (χ0n) is 16.9. The normalized spacial score (nSPS) is 13.7. The molecule has 0 saturated heterocycles. The van der Waals surface area contributed by atoms with Gasteiger partial charge in [-0.3, -0.25) is 19.5 Å². The molecule has 2 N–H and O–H groups in total. The van der Waals surface area contributed by atoms with E-state index in [0.29, 0.717) is 17.7 Å². The summed E-state index contributed by atoms with van der Waals surface area (Å²) in [6.45, 7) is 4.06. The molecule has 1 aliphatic rings. The topological polar surface area (TPSA) is 86.7 Å². The number of guanidine groups is 1. The molecule has 8 heteroatoms. The van der Waals surface area contributed by atoms with Crippen molar-refractivity contribution >= 4 is 29.1 Å². The van der Waals surface area contributed by atoms with Crippen LogP contribution in [0.4, 0.5) is 0 Å². The van der Waals surface area contributed by atoms with Gasteiger partial charge >= 0.3 is 0 Å². The first-order valence-electron chi connectivity index (χ1n) is 9.97. The summed E-state index contributed by atoms with van der Waals surface area (Å²) >= 11 is 1.75. The van der Waals surface area contributed by atoms with Gasteiger partial charge in [0.25, 0.3) is 11.8 Å². The van der Waals surface area contributed by atoms with Gasteiger partial charge in [-0.15, -0.1) is 11.3 Å². The highest BCUT2D eigenvalue weighted by molar-refractivity contribution is 7.11. The van der Waals surface area contributed by atoms with Crippen LogP contribution in [0.3, 0.4) is 0 Å². The van der Waals surface area contributed by atoms with Crippen molar-refractivity contribution in [3.8, 4) is 0 Å². The number of fused-ring (bicyclic) bond motifs is 1. The van der Waals surface area contributed by atoms with E-state index in [0.717, 1.165) is 49.7 Å². The maximum absolute atomic E-state index is 12.3. The molecule has 0 fully saturated rings. The van der Waals surface area contributed by atoms with Gasteiger partial charge in [0.1, 0.15) is 0 Å². The lowest BCUT2D eigenvalue weighted by molar-refractivity contribution is 0.0652. The summed E-state index contributed by atoms with van der Waals surface area (Å²) in [6, 6.07) is 6.99. The fourth-order valence-corrected chi connectivity index (χ4v) is 4.04. The van der Waals surface area contributed by atoms with Gasteiger partial charge in [0, 0.05) is 44.2 Å². The van der Waals surface area contributed by atoms with E-state index in [1.54, 1.807) is 42.6 Å². The van der Waals surface area contributed by atoms with E-state index in [2.05, 4.69) is 27.5 Å². The van der Waals surface area contributed by atoms with Gasteiger partial charge in [-0.05, 0) is 31.4 Å². The maximum Gasteiger partial charge on any atom is 0.261 e. The zero-order chi connectivity index (χ0) is 20.6. The third-order valence-corrected chi connectivity index (χ3v) is 5.99. The number of imide groups is 1. The summed E-state index contributed by atoms with van der Waals surface area (Å²) in [5, 5.41) is 7.69. The van der Waals surface area contributed by atoms with Crippen molar-refractivity contribution < 1.29 is 9.59 Å². The molecule has 1 aromatic carbocycles. The molecule has 2 aromatic rings. The summed E-state index contributed by atoms with van der Waals surface area (Å²) in [7, 11) is 1.74. The molecule has 0 unspecified atom stereocenters. The number of thiazole rings is 1. The molecule has 1 aliphatic heterocycles. The lowest BCUT2D eigenvalue weighted by Gasteiger charge is -2.14. The molecule has 0 spiro atoms. The molecule has 2 heterocycles. The molecular formula is C21H27N5O2S. The predicted molar refractivity (Wildman–Crippen MR) is 116 cm³/mol. The van der Waals surface area contributed by atoms with Gasteiger partial charge in [0.15, 0.2) is 5.96 Å². The smallest absolute Gasteiger partial charge is 0.261 e. The van der Waals surface area contributed by atoms with E-state index in [1.165, 1.54) is 9.78 Å². The Balaban J connectivity index is 1.33. The fourth-order valence-electron chi connectivity index (χ4n) is 3.18. The van der Waals surface area contributed by atoms with Crippen LogP contribution in [-0.2, 0) is 12.8 Å². The average molecular weight is 414 g/mol. The van der Waals surface area contributed by atoms with Crippen molar-refractivity contribution in [3.63, 3.8) is 0 Å². The third kappa shape index (κ3) is 5.20. The number of amides is 2. The standard InChI is InChI=1S/C21H27N5O2S/c1-3-15-14-25-18(29-15)10-12-24-21(22-2)23-11-6-7-13-26-19(27)16-8-4-5-9-17(16)20(26)28/h4-5,8-9,14H,3,6-7,10-13H2,1-2H3,(H2,22,23,24). The summed E-state index contributed by atoms with van der Waals surface area (Å²) in [4.78, 5) is 36.0. The van der Waals surface area contributed by atoms with Crippen molar-refractivity contribution in [2.45, 2.75) is 32.6 Å². The number of nitrogens with zero attached hydrogens (tertiary/aromatic N) is 3. The van der Waals surface area contributed by atoms with Crippen molar-refractivity contribution in [3.05, 3.63) is 51.5 Å². The maximum atomic E-state index is 12.3. The van der Waals surface area contributed by atoms with Crippen LogP contribution in [0.15, 0.2) is 35.5 Å². The monoisotopic (exact) mass is 413 g/mol. The second-order valence-corrected chi connectivity index (χ2v) is 7.96. The number of benzene rings is 1. The van der Waals surface area contributed by atoms with E-state index in [1.807, 2.05) is 6.20 Å². The number of rotatable bonds is 9. The summed E-state index contributed by atoms with van der Waals surface area (Å²) in [6.07, 6.45) is 5.41. The SMILES string of the molecule is CCc1cnc(CCNC(=NC)NCCCCN2C(=O)c3ccccc3C2=O)s1. The largest absolute Gasteiger partial charge is 0.356 e. The molecule has 0 saturated carbocycles. The summed E-state index contributed by atoms with van der Waals surface area (Å²) in [5.74, 6) is 0.368. The first kappa shape index (κ1) is 21.0. The van der Waals surface area contributed by atoms with E-state index in [4.69, 9.17) is 0 Å². The Labute approximate surface area is 175 Å². The molecule has 0 atom stereocenters. The van der Waals surface area contributed by atoms with Crippen LogP contribution < -0.4 is 10.6 Å². The molecule has 0 aliphatic carbocycles. The Hall–Kier alpha value is -2.74. The summed E-state index contributed by atoms with van der Waals surface area (Å²) < 4.78 is 0. The Morgan fingerprint density at radius 3 is 2.41 bits per heavy atom. The zero-order valence-corrected chi connectivity index (χ0v) is 17.7. The van der Waals surface area contributed by atoms with Crippen molar-refractivity contribution in [2.24, 2.45) is 4.99 Å².